The van der Waals surface area contributed by atoms with Crippen molar-refractivity contribution < 1.29 is 4.79 Å². The molecule has 6 nitrogen and oxygen atoms in total. The van der Waals surface area contributed by atoms with Gasteiger partial charge >= 0.3 is 0 Å². The highest BCUT2D eigenvalue weighted by atomic mass is 32.2. The molecule has 0 fully saturated rings. The number of nitrogens with zero attached hydrogens (tertiary/aromatic N) is 3. The Labute approximate surface area is 167 Å². The predicted molar refractivity (Wildman–Crippen MR) is 114 cm³/mol. The van der Waals surface area contributed by atoms with Gasteiger partial charge in [-0.25, -0.2) is 0 Å². The summed E-state index contributed by atoms with van der Waals surface area (Å²) in [7, 11) is 1.92. The van der Waals surface area contributed by atoms with E-state index in [-0.39, 0.29) is 11.7 Å². The number of aryl methyl sites for hydroxylation is 2. The van der Waals surface area contributed by atoms with Crippen LogP contribution in [0, 0.1) is 13.8 Å². The second-order valence-electron chi connectivity index (χ2n) is 6.77. The fraction of sp³-hybridized carbons (Fsp3) is 0.190. The molecular formula is C21H21N5OS. The second-order valence-corrected chi connectivity index (χ2v) is 7.71. The van der Waals surface area contributed by atoms with E-state index >= 15 is 0 Å². The zero-order valence-corrected chi connectivity index (χ0v) is 16.8. The molecule has 2 aromatic carbocycles. The normalized spacial score (nSPS) is 11.1. The lowest BCUT2D eigenvalue weighted by Crippen LogP contribution is -2.15. The molecule has 4 rings (SSSR count). The zero-order chi connectivity index (χ0) is 19.7. The van der Waals surface area contributed by atoms with Crippen molar-refractivity contribution >= 4 is 34.3 Å². The fourth-order valence-corrected chi connectivity index (χ4v) is 3.91. The van der Waals surface area contributed by atoms with Gasteiger partial charge in [-0.1, -0.05) is 47.7 Å². The van der Waals surface area contributed by atoms with E-state index in [1.807, 2.05) is 62.0 Å². The molecule has 4 aromatic rings. The summed E-state index contributed by atoms with van der Waals surface area (Å²) < 4.78 is 1.92. The Bertz CT molecular complexity index is 1160. The molecule has 0 saturated heterocycles. The van der Waals surface area contributed by atoms with Gasteiger partial charge in [0.1, 0.15) is 0 Å². The minimum Gasteiger partial charge on any atom is -0.360 e. The molecule has 0 aliphatic carbocycles. The standard InChI is InChI=1S/C21H21N5OS/c1-13-8-9-17(14(2)10-13)23-19(27)12-28-21-25-24-20(26(21)3)16-11-22-18-7-5-4-6-15(16)18/h4-11,22H,12H2,1-3H3,(H,23,27). The molecule has 1 amide bonds. The number of anilines is 1. The van der Waals surface area contributed by atoms with Crippen LogP contribution in [-0.2, 0) is 11.8 Å². The van der Waals surface area contributed by atoms with Crippen molar-refractivity contribution in [1.29, 1.82) is 0 Å². The number of rotatable bonds is 5. The highest BCUT2D eigenvalue weighted by Crippen LogP contribution is 2.29. The summed E-state index contributed by atoms with van der Waals surface area (Å²) in [5.41, 5.74) is 5.13. The van der Waals surface area contributed by atoms with Crippen molar-refractivity contribution in [1.82, 2.24) is 19.7 Å². The van der Waals surface area contributed by atoms with Crippen molar-refractivity contribution in [2.45, 2.75) is 19.0 Å². The number of para-hydroxylation sites is 1. The number of nitrogens with one attached hydrogen (secondary N) is 2. The van der Waals surface area contributed by atoms with Crippen LogP contribution in [0.25, 0.3) is 22.3 Å². The summed E-state index contributed by atoms with van der Waals surface area (Å²) in [5, 5.41) is 13.4. The first-order chi connectivity index (χ1) is 13.5. The zero-order valence-electron chi connectivity index (χ0n) is 16.0. The Hall–Kier alpha value is -3.06. The maximum Gasteiger partial charge on any atom is 0.234 e. The molecule has 28 heavy (non-hydrogen) atoms. The average Bonchev–Trinajstić information content (AvgIpc) is 3.25. The molecule has 0 bridgehead atoms. The maximum atomic E-state index is 12.4. The van der Waals surface area contributed by atoms with Gasteiger partial charge in [-0.05, 0) is 31.5 Å². The molecule has 2 heterocycles. The third-order valence-corrected chi connectivity index (χ3v) is 5.67. The van der Waals surface area contributed by atoms with Crippen LogP contribution in [0.3, 0.4) is 0 Å². The van der Waals surface area contributed by atoms with Crippen LogP contribution in [-0.4, -0.2) is 31.4 Å². The number of benzene rings is 2. The third kappa shape index (κ3) is 3.53. The number of H-pyrrole nitrogens is 1. The number of carbonyl (C=O) groups is 1. The van der Waals surface area contributed by atoms with Gasteiger partial charge in [-0.15, -0.1) is 10.2 Å². The van der Waals surface area contributed by atoms with Gasteiger partial charge in [0.25, 0.3) is 0 Å². The topological polar surface area (TPSA) is 75.6 Å². The first-order valence-electron chi connectivity index (χ1n) is 8.98. The molecule has 2 aromatic heterocycles. The van der Waals surface area contributed by atoms with E-state index in [2.05, 4.69) is 32.6 Å². The molecule has 0 aliphatic heterocycles. The molecule has 142 valence electrons. The van der Waals surface area contributed by atoms with Crippen LogP contribution in [0.15, 0.2) is 53.8 Å². The van der Waals surface area contributed by atoms with Crippen molar-refractivity contribution in [3.05, 3.63) is 59.8 Å². The number of fused-ring (bicyclic) bond motifs is 1. The smallest absolute Gasteiger partial charge is 0.234 e. The van der Waals surface area contributed by atoms with Crippen molar-refractivity contribution in [2.24, 2.45) is 7.05 Å². The quantitative estimate of drug-likeness (QED) is 0.497. The van der Waals surface area contributed by atoms with Crippen LogP contribution in [0.5, 0.6) is 0 Å². The van der Waals surface area contributed by atoms with Gasteiger partial charge in [0.2, 0.25) is 5.91 Å². The molecule has 0 saturated carbocycles. The fourth-order valence-electron chi connectivity index (χ4n) is 3.20. The minimum absolute atomic E-state index is 0.0615. The summed E-state index contributed by atoms with van der Waals surface area (Å²) in [4.78, 5) is 15.6. The Balaban J connectivity index is 1.47. The first kappa shape index (κ1) is 18.3. The van der Waals surface area contributed by atoms with Gasteiger partial charge in [0.15, 0.2) is 11.0 Å². The molecular weight excluding hydrogens is 370 g/mol. The van der Waals surface area contributed by atoms with Gasteiger partial charge in [-0.2, -0.15) is 0 Å². The third-order valence-electron chi connectivity index (χ3n) is 4.65. The van der Waals surface area contributed by atoms with Crippen molar-refractivity contribution in [3.8, 4) is 11.4 Å². The molecule has 0 unspecified atom stereocenters. The molecule has 0 aliphatic rings. The number of hydrogen-bond acceptors (Lipinski definition) is 4. The van der Waals surface area contributed by atoms with Crippen LogP contribution >= 0.6 is 11.8 Å². The molecule has 2 N–H and O–H groups in total. The van der Waals surface area contributed by atoms with E-state index in [4.69, 9.17) is 0 Å². The first-order valence-corrected chi connectivity index (χ1v) is 9.97. The Morgan fingerprint density at radius 2 is 2.00 bits per heavy atom. The number of amides is 1. The van der Waals surface area contributed by atoms with Gasteiger partial charge in [0, 0.05) is 35.4 Å². The number of aromatic amines is 1. The monoisotopic (exact) mass is 391 g/mol. The average molecular weight is 392 g/mol. The summed E-state index contributed by atoms with van der Waals surface area (Å²) in [5.74, 6) is 0.982. The van der Waals surface area contributed by atoms with E-state index < -0.39 is 0 Å². The number of thioether (sulfide) groups is 1. The van der Waals surface area contributed by atoms with Crippen molar-refractivity contribution in [3.63, 3.8) is 0 Å². The Morgan fingerprint density at radius 3 is 2.82 bits per heavy atom. The largest absolute Gasteiger partial charge is 0.360 e. The van der Waals surface area contributed by atoms with Gasteiger partial charge in [0.05, 0.1) is 5.75 Å². The summed E-state index contributed by atoms with van der Waals surface area (Å²) in [6, 6.07) is 14.1. The molecule has 7 heteroatoms. The minimum atomic E-state index is -0.0615. The summed E-state index contributed by atoms with van der Waals surface area (Å²) in [6.45, 7) is 4.03. The number of hydrogen-bond donors (Lipinski definition) is 2. The van der Waals surface area contributed by atoms with Crippen LogP contribution < -0.4 is 5.32 Å². The molecule has 0 spiro atoms. The summed E-state index contributed by atoms with van der Waals surface area (Å²) >= 11 is 1.37. The SMILES string of the molecule is Cc1ccc(NC(=O)CSc2nnc(-c3c[nH]c4ccccc34)n2C)c(C)c1. The van der Waals surface area contributed by atoms with Crippen molar-refractivity contribution in [2.75, 3.05) is 11.1 Å². The lowest BCUT2D eigenvalue weighted by molar-refractivity contribution is -0.113. The van der Waals surface area contributed by atoms with E-state index in [9.17, 15) is 4.79 Å². The van der Waals surface area contributed by atoms with Crippen LogP contribution in [0.1, 0.15) is 11.1 Å². The lowest BCUT2D eigenvalue weighted by Gasteiger charge is -2.09. The van der Waals surface area contributed by atoms with Gasteiger partial charge < -0.3 is 14.9 Å². The molecule has 0 radical (unpaired) electrons. The molecule has 0 atom stereocenters. The van der Waals surface area contributed by atoms with E-state index in [1.165, 1.54) is 17.3 Å². The lowest BCUT2D eigenvalue weighted by atomic mass is 10.1. The Morgan fingerprint density at radius 1 is 1.18 bits per heavy atom. The highest BCUT2D eigenvalue weighted by molar-refractivity contribution is 7.99. The predicted octanol–water partition coefficient (Wildman–Crippen LogP) is 4.31. The van der Waals surface area contributed by atoms with E-state index in [0.717, 1.165) is 33.5 Å². The van der Waals surface area contributed by atoms with Crippen LogP contribution in [0.2, 0.25) is 0 Å². The highest BCUT2D eigenvalue weighted by Gasteiger charge is 2.16. The second kappa shape index (κ2) is 7.52. The van der Waals surface area contributed by atoms with Gasteiger partial charge in [-0.3, -0.25) is 4.79 Å². The maximum absolute atomic E-state index is 12.4. The number of aromatic nitrogens is 4. The number of carbonyl (C=O) groups excluding carboxylic acids is 1. The van der Waals surface area contributed by atoms with E-state index in [0.29, 0.717) is 5.16 Å². The Kier molecular flexibility index (Phi) is 4.92. The van der Waals surface area contributed by atoms with Crippen LogP contribution in [0.4, 0.5) is 5.69 Å². The van der Waals surface area contributed by atoms with E-state index in [1.54, 1.807) is 0 Å². The summed E-state index contributed by atoms with van der Waals surface area (Å²) in [6.07, 6.45) is 1.94.